The molecule has 14 heavy (non-hydrogen) atoms. The molecule has 0 radical (unpaired) electrons. The van der Waals surface area contributed by atoms with Gasteiger partial charge in [-0.1, -0.05) is 13.8 Å². The standard InChI is InChI=1S/C10H15N3O/c1-7(2)10(3-4-10)13-9(14)8-5-11-12-6-8/h5-7H,3-4H2,1-2H3,(H,11,12)(H,13,14). The monoisotopic (exact) mass is 193 g/mol. The second-order valence-corrected chi connectivity index (χ2v) is 4.25. The molecule has 1 amide bonds. The number of rotatable bonds is 3. The van der Waals surface area contributed by atoms with E-state index in [0.717, 1.165) is 12.8 Å². The molecule has 76 valence electrons. The number of nitrogens with zero attached hydrogens (tertiary/aromatic N) is 1. The zero-order chi connectivity index (χ0) is 10.2. The Kier molecular flexibility index (Phi) is 2.06. The van der Waals surface area contributed by atoms with E-state index in [1.54, 1.807) is 12.4 Å². The van der Waals surface area contributed by atoms with Crippen LogP contribution in [0.3, 0.4) is 0 Å². The molecular weight excluding hydrogens is 178 g/mol. The van der Waals surface area contributed by atoms with Crippen LogP contribution in [0.25, 0.3) is 0 Å². The second kappa shape index (κ2) is 3.12. The number of amides is 1. The van der Waals surface area contributed by atoms with E-state index in [1.807, 2.05) is 0 Å². The Hall–Kier alpha value is -1.32. The van der Waals surface area contributed by atoms with Gasteiger partial charge >= 0.3 is 0 Å². The molecule has 1 heterocycles. The summed E-state index contributed by atoms with van der Waals surface area (Å²) in [6.07, 6.45) is 5.35. The predicted octanol–water partition coefficient (Wildman–Crippen LogP) is 1.33. The summed E-state index contributed by atoms with van der Waals surface area (Å²) in [5.41, 5.74) is 0.658. The highest BCUT2D eigenvalue weighted by Crippen LogP contribution is 2.42. The van der Waals surface area contributed by atoms with Gasteiger partial charge in [-0.05, 0) is 18.8 Å². The van der Waals surface area contributed by atoms with Crippen molar-refractivity contribution in [3.63, 3.8) is 0 Å². The number of carbonyl (C=O) groups is 1. The third kappa shape index (κ3) is 1.52. The minimum absolute atomic E-state index is 0.0232. The average Bonchev–Trinajstić information content (AvgIpc) is 2.74. The van der Waals surface area contributed by atoms with Crippen LogP contribution in [0.5, 0.6) is 0 Å². The maximum absolute atomic E-state index is 11.7. The fraction of sp³-hybridized carbons (Fsp3) is 0.600. The van der Waals surface area contributed by atoms with E-state index in [0.29, 0.717) is 11.5 Å². The van der Waals surface area contributed by atoms with Crippen LogP contribution in [0.1, 0.15) is 37.0 Å². The summed E-state index contributed by atoms with van der Waals surface area (Å²) in [6, 6.07) is 0. The Balaban J connectivity index is 2.02. The lowest BCUT2D eigenvalue weighted by molar-refractivity contribution is 0.0918. The summed E-state index contributed by atoms with van der Waals surface area (Å²) in [4.78, 5) is 11.7. The van der Waals surface area contributed by atoms with E-state index in [1.165, 1.54) is 0 Å². The summed E-state index contributed by atoms with van der Waals surface area (Å²) in [5.74, 6) is 0.475. The van der Waals surface area contributed by atoms with Crippen molar-refractivity contribution in [3.05, 3.63) is 18.0 Å². The molecule has 1 aromatic rings. The molecular formula is C10H15N3O. The maximum atomic E-state index is 11.7. The van der Waals surface area contributed by atoms with Crippen molar-refractivity contribution < 1.29 is 4.79 Å². The zero-order valence-corrected chi connectivity index (χ0v) is 8.50. The van der Waals surface area contributed by atoms with Gasteiger partial charge in [-0.2, -0.15) is 5.10 Å². The van der Waals surface area contributed by atoms with E-state index in [-0.39, 0.29) is 11.4 Å². The Morgan fingerprint density at radius 3 is 2.79 bits per heavy atom. The maximum Gasteiger partial charge on any atom is 0.254 e. The Morgan fingerprint density at radius 1 is 1.64 bits per heavy atom. The second-order valence-electron chi connectivity index (χ2n) is 4.25. The smallest absolute Gasteiger partial charge is 0.254 e. The third-order valence-corrected chi connectivity index (χ3v) is 3.02. The van der Waals surface area contributed by atoms with Crippen molar-refractivity contribution in [1.29, 1.82) is 0 Å². The quantitative estimate of drug-likeness (QED) is 0.760. The lowest BCUT2D eigenvalue weighted by Crippen LogP contribution is -2.40. The Morgan fingerprint density at radius 2 is 2.36 bits per heavy atom. The molecule has 2 N–H and O–H groups in total. The summed E-state index contributed by atoms with van der Waals surface area (Å²) in [6.45, 7) is 4.28. The minimum Gasteiger partial charge on any atom is -0.346 e. The summed E-state index contributed by atoms with van der Waals surface area (Å²) >= 11 is 0. The average molecular weight is 193 g/mol. The molecule has 4 heteroatoms. The van der Waals surface area contributed by atoms with E-state index < -0.39 is 0 Å². The molecule has 0 unspecified atom stereocenters. The molecule has 0 saturated heterocycles. The number of aromatic nitrogens is 2. The van der Waals surface area contributed by atoms with Crippen molar-refractivity contribution in [2.75, 3.05) is 0 Å². The summed E-state index contributed by atoms with van der Waals surface area (Å²) in [5, 5.41) is 9.46. The highest BCUT2D eigenvalue weighted by molar-refractivity contribution is 5.94. The number of H-pyrrole nitrogens is 1. The van der Waals surface area contributed by atoms with Crippen molar-refractivity contribution in [1.82, 2.24) is 15.5 Å². The Bertz CT molecular complexity index is 325. The first-order chi connectivity index (χ1) is 6.64. The zero-order valence-electron chi connectivity index (χ0n) is 8.50. The van der Waals surface area contributed by atoms with Gasteiger partial charge in [0.05, 0.1) is 11.8 Å². The molecule has 0 bridgehead atoms. The van der Waals surface area contributed by atoms with Crippen LogP contribution in [0.4, 0.5) is 0 Å². The van der Waals surface area contributed by atoms with Gasteiger partial charge in [0.25, 0.3) is 5.91 Å². The predicted molar refractivity (Wildman–Crippen MR) is 52.9 cm³/mol. The fourth-order valence-corrected chi connectivity index (χ4v) is 1.65. The molecule has 1 aliphatic carbocycles. The highest BCUT2D eigenvalue weighted by Gasteiger charge is 2.46. The van der Waals surface area contributed by atoms with Crippen LogP contribution in [-0.4, -0.2) is 21.6 Å². The molecule has 0 spiro atoms. The van der Waals surface area contributed by atoms with Crippen molar-refractivity contribution in [3.8, 4) is 0 Å². The number of nitrogens with one attached hydrogen (secondary N) is 2. The SMILES string of the molecule is CC(C)C1(NC(=O)c2cn[nH]c2)CC1. The van der Waals surface area contributed by atoms with Gasteiger partial charge in [0, 0.05) is 11.7 Å². The minimum atomic E-state index is -0.0232. The van der Waals surface area contributed by atoms with Crippen LogP contribution in [0.15, 0.2) is 12.4 Å². The molecule has 1 fully saturated rings. The molecule has 2 rings (SSSR count). The molecule has 1 aromatic heterocycles. The number of hydrogen-bond acceptors (Lipinski definition) is 2. The third-order valence-electron chi connectivity index (χ3n) is 3.02. The van der Waals surface area contributed by atoms with Crippen molar-refractivity contribution >= 4 is 5.91 Å². The van der Waals surface area contributed by atoms with Crippen LogP contribution in [0, 0.1) is 5.92 Å². The van der Waals surface area contributed by atoms with E-state index in [4.69, 9.17) is 0 Å². The van der Waals surface area contributed by atoms with Gasteiger partial charge in [-0.25, -0.2) is 0 Å². The molecule has 4 nitrogen and oxygen atoms in total. The van der Waals surface area contributed by atoms with Crippen LogP contribution >= 0.6 is 0 Å². The lowest BCUT2D eigenvalue weighted by Gasteiger charge is -2.20. The van der Waals surface area contributed by atoms with Gasteiger partial charge in [-0.15, -0.1) is 0 Å². The van der Waals surface area contributed by atoms with Gasteiger partial charge in [0.15, 0.2) is 0 Å². The van der Waals surface area contributed by atoms with Crippen LogP contribution in [0.2, 0.25) is 0 Å². The van der Waals surface area contributed by atoms with Gasteiger partial charge < -0.3 is 5.32 Å². The van der Waals surface area contributed by atoms with Gasteiger partial charge in [0.2, 0.25) is 0 Å². The van der Waals surface area contributed by atoms with Crippen LogP contribution in [-0.2, 0) is 0 Å². The van der Waals surface area contributed by atoms with E-state index >= 15 is 0 Å². The Labute approximate surface area is 83.1 Å². The topological polar surface area (TPSA) is 57.8 Å². The van der Waals surface area contributed by atoms with Gasteiger partial charge in [0.1, 0.15) is 0 Å². The van der Waals surface area contributed by atoms with E-state index in [9.17, 15) is 4.79 Å². The van der Waals surface area contributed by atoms with Crippen molar-refractivity contribution in [2.24, 2.45) is 5.92 Å². The molecule has 1 saturated carbocycles. The number of carbonyl (C=O) groups excluding carboxylic acids is 1. The fourth-order valence-electron chi connectivity index (χ4n) is 1.65. The van der Waals surface area contributed by atoms with Gasteiger partial charge in [-0.3, -0.25) is 9.89 Å². The first kappa shape index (κ1) is 9.24. The summed E-state index contributed by atoms with van der Waals surface area (Å²) in [7, 11) is 0. The molecule has 0 atom stereocenters. The normalized spacial score (nSPS) is 18.2. The largest absolute Gasteiger partial charge is 0.346 e. The number of hydrogen-bond donors (Lipinski definition) is 2. The van der Waals surface area contributed by atoms with Crippen molar-refractivity contribution in [2.45, 2.75) is 32.2 Å². The lowest BCUT2D eigenvalue weighted by atomic mass is 10.0. The van der Waals surface area contributed by atoms with E-state index in [2.05, 4.69) is 29.4 Å². The molecule has 1 aliphatic rings. The van der Waals surface area contributed by atoms with Crippen LogP contribution < -0.4 is 5.32 Å². The number of aromatic amines is 1. The molecule has 0 aromatic carbocycles. The summed E-state index contributed by atoms with van der Waals surface area (Å²) < 4.78 is 0. The molecule has 0 aliphatic heterocycles. The first-order valence-electron chi connectivity index (χ1n) is 4.95. The first-order valence-corrected chi connectivity index (χ1v) is 4.95. The highest BCUT2D eigenvalue weighted by atomic mass is 16.1.